The standard InChI is InChI=1S/C6H8O2.Na.H/c1-5-2-6(3-7)4-8-5;;/h2,4,7H,3H2,1H3;;. The first-order valence-corrected chi connectivity index (χ1v) is 2.48. The van der Waals surface area contributed by atoms with E-state index >= 15 is 0 Å². The summed E-state index contributed by atoms with van der Waals surface area (Å²) in [5.41, 5.74) is 0.836. The van der Waals surface area contributed by atoms with Crippen LogP contribution in [0.3, 0.4) is 0 Å². The molecule has 0 aliphatic rings. The van der Waals surface area contributed by atoms with Crippen LogP contribution in [-0.2, 0) is 6.61 Å². The van der Waals surface area contributed by atoms with E-state index in [0.29, 0.717) is 0 Å². The average Bonchev–Trinajstić information content (AvgIpc) is 2.14. The summed E-state index contributed by atoms with van der Waals surface area (Å²) in [4.78, 5) is 0. The number of hydrogen-bond acceptors (Lipinski definition) is 2. The Morgan fingerprint density at radius 1 is 1.67 bits per heavy atom. The van der Waals surface area contributed by atoms with Gasteiger partial charge >= 0.3 is 29.6 Å². The van der Waals surface area contributed by atoms with E-state index < -0.39 is 0 Å². The van der Waals surface area contributed by atoms with Crippen molar-refractivity contribution in [3.05, 3.63) is 23.7 Å². The predicted molar refractivity (Wildman–Crippen MR) is 36.5 cm³/mol. The third-order valence-corrected chi connectivity index (χ3v) is 0.967. The molecule has 0 amide bonds. The number of furan rings is 1. The van der Waals surface area contributed by atoms with Crippen molar-refractivity contribution in [2.75, 3.05) is 0 Å². The Morgan fingerprint density at radius 2 is 2.33 bits per heavy atom. The summed E-state index contributed by atoms with van der Waals surface area (Å²) < 4.78 is 4.90. The zero-order valence-corrected chi connectivity index (χ0v) is 4.72. The van der Waals surface area contributed by atoms with E-state index in [1.165, 1.54) is 0 Å². The molecule has 0 saturated heterocycles. The molecule has 0 unspecified atom stereocenters. The summed E-state index contributed by atoms with van der Waals surface area (Å²) in [6.45, 7) is 1.91. The van der Waals surface area contributed by atoms with Gasteiger partial charge in [-0.25, -0.2) is 0 Å². The van der Waals surface area contributed by atoms with E-state index in [1.807, 2.05) is 6.92 Å². The van der Waals surface area contributed by atoms with Gasteiger partial charge in [-0.15, -0.1) is 0 Å². The number of rotatable bonds is 1. The van der Waals surface area contributed by atoms with Gasteiger partial charge in [0.15, 0.2) is 0 Å². The van der Waals surface area contributed by atoms with Gasteiger partial charge in [0.1, 0.15) is 5.76 Å². The summed E-state index contributed by atoms with van der Waals surface area (Å²) in [6.07, 6.45) is 1.55. The van der Waals surface area contributed by atoms with E-state index in [2.05, 4.69) is 0 Å². The maximum absolute atomic E-state index is 8.49. The predicted octanol–water partition coefficient (Wildman–Crippen LogP) is 0.432. The third-order valence-electron chi connectivity index (χ3n) is 0.967. The van der Waals surface area contributed by atoms with Crippen molar-refractivity contribution in [3.8, 4) is 0 Å². The third kappa shape index (κ3) is 2.54. The van der Waals surface area contributed by atoms with Crippen LogP contribution >= 0.6 is 0 Å². The fourth-order valence-electron chi connectivity index (χ4n) is 0.581. The molecule has 0 fully saturated rings. The van der Waals surface area contributed by atoms with Crippen LogP contribution in [0.15, 0.2) is 16.7 Å². The maximum atomic E-state index is 8.49. The molecule has 0 aliphatic heterocycles. The van der Waals surface area contributed by atoms with Crippen molar-refractivity contribution in [1.29, 1.82) is 0 Å². The van der Waals surface area contributed by atoms with E-state index in [9.17, 15) is 0 Å². The van der Waals surface area contributed by atoms with Crippen molar-refractivity contribution in [2.24, 2.45) is 0 Å². The molecule has 1 rings (SSSR count). The molecular formula is C6H9NaO2. The van der Waals surface area contributed by atoms with Gasteiger partial charge < -0.3 is 9.52 Å². The van der Waals surface area contributed by atoms with Gasteiger partial charge in [-0.05, 0) is 13.0 Å². The molecule has 1 aromatic rings. The van der Waals surface area contributed by atoms with Crippen molar-refractivity contribution in [3.63, 3.8) is 0 Å². The molecular weight excluding hydrogens is 127 g/mol. The number of aliphatic hydroxyl groups is 1. The van der Waals surface area contributed by atoms with Crippen LogP contribution in [0, 0.1) is 6.92 Å². The van der Waals surface area contributed by atoms with Crippen LogP contribution in [0.2, 0.25) is 0 Å². The average molecular weight is 136 g/mol. The number of hydrogen-bond donors (Lipinski definition) is 1. The second-order valence-corrected chi connectivity index (χ2v) is 1.72. The Balaban J connectivity index is 0.000000640. The zero-order chi connectivity index (χ0) is 5.98. The van der Waals surface area contributed by atoms with E-state index in [0.717, 1.165) is 11.3 Å². The number of aryl methyl sites for hydroxylation is 1. The summed E-state index contributed by atoms with van der Waals surface area (Å²) in [5, 5.41) is 8.49. The van der Waals surface area contributed by atoms with Gasteiger partial charge in [0.05, 0.1) is 12.9 Å². The minimum absolute atomic E-state index is 0. The van der Waals surface area contributed by atoms with E-state index in [1.54, 1.807) is 12.3 Å². The molecule has 1 aromatic heterocycles. The van der Waals surface area contributed by atoms with Crippen molar-refractivity contribution in [1.82, 2.24) is 0 Å². The molecule has 1 N–H and O–H groups in total. The molecule has 0 aromatic carbocycles. The number of aliphatic hydroxyl groups excluding tert-OH is 1. The van der Waals surface area contributed by atoms with Crippen LogP contribution < -0.4 is 0 Å². The van der Waals surface area contributed by atoms with Gasteiger partial charge in [0.25, 0.3) is 0 Å². The Bertz CT molecular complexity index is 171. The fraction of sp³-hybridized carbons (Fsp3) is 0.333. The Hall–Kier alpha value is 0.240. The van der Waals surface area contributed by atoms with Crippen LogP contribution in [-0.4, -0.2) is 34.7 Å². The summed E-state index contributed by atoms with van der Waals surface area (Å²) >= 11 is 0. The first-order valence-electron chi connectivity index (χ1n) is 2.48. The van der Waals surface area contributed by atoms with Gasteiger partial charge in [-0.3, -0.25) is 0 Å². The molecule has 3 heteroatoms. The molecule has 0 saturated carbocycles. The summed E-state index contributed by atoms with van der Waals surface area (Å²) in [7, 11) is 0. The first kappa shape index (κ1) is 9.24. The SMILES string of the molecule is Cc1cc(CO)co1.[NaH]. The Morgan fingerprint density at radius 3 is 2.56 bits per heavy atom. The minimum atomic E-state index is 0. The fourth-order valence-corrected chi connectivity index (χ4v) is 0.581. The van der Waals surface area contributed by atoms with Crippen LogP contribution in [0.5, 0.6) is 0 Å². The van der Waals surface area contributed by atoms with Crippen LogP contribution in [0.4, 0.5) is 0 Å². The van der Waals surface area contributed by atoms with Gasteiger partial charge in [0, 0.05) is 5.56 Å². The quantitative estimate of drug-likeness (QED) is 0.568. The molecule has 1 heterocycles. The van der Waals surface area contributed by atoms with E-state index in [4.69, 9.17) is 9.52 Å². The molecule has 2 nitrogen and oxygen atoms in total. The van der Waals surface area contributed by atoms with E-state index in [-0.39, 0.29) is 36.2 Å². The Labute approximate surface area is 76.2 Å². The molecule has 9 heavy (non-hydrogen) atoms. The molecule has 0 radical (unpaired) electrons. The molecule has 0 bridgehead atoms. The van der Waals surface area contributed by atoms with Crippen molar-refractivity contribution >= 4 is 29.6 Å². The van der Waals surface area contributed by atoms with Crippen LogP contribution in [0.25, 0.3) is 0 Å². The first-order chi connectivity index (χ1) is 3.83. The van der Waals surface area contributed by atoms with Gasteiger partial charge in [0.2, 0.25) is 0 Å². The summed E-state index contributed by atoms with van der Waals surface area (Å²) in [6, 6.07) is 1.81. The second-order valence-electron chi connectivity index (χ2n) is 1.72. The topological polar surface area (TPSA) is 33.4 Å². The van der Waals surface area contributed by atoms with Gasteiger partial charge in [-0.2, -0.15) is 0 Å². The molecule has 0 spiro atoms. The van der Waals surface area contributed by atoms with Crippen LogP contribution in [0.1, 0.15) is 11.3 Å². The van der Waals surface area contributed by atoms with Crippen molar-refractivity contribution < 1.29 is 9.52 Å². The second kappa shape index (κ2) is 4.12. The zero-order valence-electron chi connectivity index (χ0n) is 4.72. The monoisotopic (exact) mass is 136 g/mol. The molecule has 46 valence electrons. The normalized spacial score (nSPS) is 8.67. The Kier molecular flexibility index (Phi) is 4.23. The molecule has 0 aliphatic carbocycles. The molecule has 0 atom stereocenters. The van der Waals surface area contributed by atoms with Gasteiger partial charge in [-0.1, -0.05) is 0 Å². The summed E-state index contributed by atoms with van der Waals surface area (Å²) in [5.74, 6) is 0.842. The van der Waals surface area contributed by atoms with Crippen molar-refractivity contribution in [2.45, 2.75) is 13.5 Å².